The van der Waals surface area contributed by atoms with Crippen LogP contribution in [0.3, 0.4) is 0 Å². The smallest absolute Gasteiger partial charge is 0.340 e. The molecule has 0 saturated heterocycles. The van der Waals surface area contributed by atoms with Crippen molar-refractivity contribution in [2.45, 2.75) is 6.54 Å². The summed E-state index contributed by atoms with van der Waals surface area (Å²) in [5.74, 6) is -0.523. The lowest BCUT2D eigenvalue weighted by Gasteiger charge is -2.12. The van der Waals surface area contributed by atoms with Crippen molar-refractivity contribution in [3.05, 3.63) is 60.9 Å². The molecule has 0 amide bonds. The number of halogens is 2. The first-order valence-corrected chi connectivity index (χ1v) is 7.53. The summed E-state index contributed by atoms with van der Waals surface area (Å²) in [5, 5.41) is 0. The maximum absolute atomic E-state index is 12.1. The number of rotatable bonds is 3. The van der Waals surface area contributed by atoms with Gasteiger partial charge >= 0.3 is 5.97 Å². The predicted octanol–water partition coefficient (Wildman–Crippen LogP) is 2.79. The van der Waals surface area contributed by atoms with E-state index in [4.69, 9.17) is 10.5 Å². The van der Waals surface area contributed by atoms with Gasteiger partial charge in [0.25, 0.3) is 5.56 Å². The van der Waals surface area contributed by atoms with Gasteiger partial charge in [-0.05, 0) is 49.6 Å². The number of methoxy groups -OCH3 is 1. The summed E-state index contributed by atoms with van der Waals surface area (Å²) < 4.78 is 7.41. The van der Waals surface area contributed by atoms with Crippen molar-refractivity contribution in [2.75, 3.05) is 12.8 Å². The van der Waals surface area contributed by atoms with Gasteiger partial charge in [-0.25, -0.2) is 4.79 Å². The number of nitrogens with zero attached hydrogens (tertiary/aromatic N) is 1. The first-order chi connectivity index (χ1) is 9.93. The fourth-order valence-corrected chi connectivity index (χ4v) is 3.23. The van der Waals surface area contributed by atoms with Crippen molar-refractivity contribution < 1.29 is 9.53 Å². The number of benzene rings is 1. The fourth-order valence-electron chi connectivity index (χ4n) is 1.97. The van der Waals surface area contributed by atoms with Gasteiger partial charge < -0.3 is 15.0 Å². The molecule has 0 aliphatic carbocycles. The van der Waals surface area contributed by atoms with Crippen LogP contribution in [-0.4, -0.2) is 17.6 Å². The third-order valence-electron chi connectivity index (χ3n) is 2.92. The van der Waals surface area contributed by atoms with Crippen LogP contribution in [0.4, 0.5) is 5.69 Å². The minimum Gasteiger partial charge on any atom is -0.465 e. The zero-order valence-corrected chi connectivity index (χ0v) is 14.3. The van der Waals surface area contributed by atoms with Gasteiger partial charge in [-0.1, -0.05) is 12.1 Å². The zero-order valence-electron chi connectivity index (χ0n) is 11.1. The van der Waals surface area contributed by atoms with Crippen LogP contribution in [0.5, 0.6) is 0 Å². The SMILES string of the molecule is COC(=O)c1c(N)cccc1Cn1cc(Br)cc(Br)c1=O. The lowest BCUT2D eigenvalue weighted by atomic mass is 10.1. The average molecular weight is 416 g/mol. The number of ether oxygens (including phenoxy) is 1. The summed E-state index contributed by atoms with van der Waals surface area (Å²) in [5.41, 5.74) is 6.87. The van der Waals surface area contributed by atoms with E-state index in [1.807, 2.05) is 0 Å². The van der Waals surface area contributed by atoms with Gasteiger partial charge in [-0.2, -0.15) is 0 Å². The summed E-state index contributed by atoms with van der Waals surface area (Å²) >= 11 is 6.54. The van der Waals surface area contributed by atoms with Gasteiger partial charge in [0, 0.05) is 16.4 Å². The number of nitrogens with two attached hydrogens (primary N) is 1. The third-order valence-corrected chi connectivity index (χ3v) is 3.92. The predicted molar refractivity (Wildman–Crippen MR) is 87.4 cm³/mol. The van der Waals surface area contributed by atoms with Gasteiger partial charge in [0.2, 0.25) is 0 Å². The van der Waals surface area contributed by atoms with Crippen LogP contribution in [0.15, 0.2) is 44.2 Å². The van der Waals surface area contributed by atoms with E-state index in [2.05, 4.69) is 31.9 Å². The topological polar surface area (TPSA) is 74.3 Å². The van der Waals surface area contributed by atoms with Gasteiger partial charge in [-0.15, -0.1) is 0 Å². The van der Waals surface area contributed by atoms with Crippen LogP contribution in [0.1, 0.15) is 15.9 Å². The highest BCUT2D eigenvalue weighted by Crippen LogP contribution is 2.20. The largest absolute Gasteiger partial charge is 0.465 e. The highest BCUT2D eigenvalue weighted by Gasteiger charge is 2.16. The Morgan fingerprint density at radius 2 is 2.10 bits per heavy atom. The Morgan fingerprint density at radius 1 is 1.38 bits per heavy atom. The summed E-state index contributed by atoms with van der Waals surface area (Å²) in [6.45, 7) is 0.215. The molecule has 21 heavy (non-hydrogen) atoms. The van der Waals surface area contributed by atoms with Crippen molar-refractivity contribution in [1.82, 2.24) is 4.57 Å². The van der Waals surface area contributed by atoms with Crippen LogP contribution in [0.2, 0.25) is 0 Å². The molecule has 110 valence electrons. The summed E-state index contributed by atoms with van der Waals surface area (Å²) in [6, 6.07) is 6.76. The van der Waals surface area contributed by atoms with E-state index in [9.17, 15) is 9.59 Å². The molecule has 5 nitrogen and oxygen atoms in total. The molecular formula is C14H12Br2N2O3. The third kappa shape index (κ3) is 3.36. The Balaban J connectivity index is 2.53. The Bertz CT molecular complexity index is 756. The molecule has 2 N–H and O–H groups in total. The first-order valence-electron chi connectivity index (χ1n) is 5.95. The number of hydrogen-bond donors (Lipinski definition) is 1. The Morgan fingerprint density at radius 3 is 2.76 bits per heavy atom. The van der Waals surface area contributed by atoms with Crippen molar-refractivity contribution in [3.63, 3.8) is 0 Å². The number of nitrogen functional groups attached to an aromatic ring is 1. The number of hydrogen-bond acceptors (Lipinski definition) is 4. The maximum Gasteiger partial charge on any atom is 0.340 e. The van der Waals surface area contributed by atoms with Crippen molar-refractivity contribution in [2.24, 2.45) is 0 Å². The molecule has 2 aromatic rings. The van der Waals surface area contributed by atoms with Crippen molar-refractivity contribution in [1.29, 1.82) is 0 Å². The highest BCUT2D eigenvalue weighted by molar-refractivity contribution is 9.11. The van der Waals surface area contributed by atoms with Gasteiger partial charge in [0.05, 0.1) is 23.7 Å². The molecule has 0 aliphatic rings. The average Bonchev–Trinajstić information content (AvgIpc) is 2.43. The molecular weight excluding hydrogens is 404 g/mol. The van der Waals surface area contributed by atoms with Crippen LogP contribution in [0.25, 0.3) is 0 Å². The minimum atomic E-state index is -0.523. The van der Waals surface area contributed by atoms with Crippen LogP contribution in [0, 0.1) is 0 Å². The van der Waals surface area contributed by atoms with Crippen LogP contribution >= 0.6 is 31.9 Å². The first kappa shape index (κ1) is 15.8. The molecule has 0 unspecified atom stereocenters. The van der Waals surface area contributed by atoms with E-state index < -0.39 is 5.97 Å². The second-order valence-electron chi connectivity index (χ2n) is 4.31. The van der Waals surface area contributed by atoms with E-state index in [-0.39, 0.29) is 17.7 Å². The normalized spacial score (nSPS) is 10.4. The van der Waals surface area contributed by atoms with Crippen LogP contribution in [-0.2, 0) is 11.3 Å². The molecule has 1 heterocycles. The lowest BCUT2D eigenvalue weighted by Crippen LogP contribution is -2.22. The van der Waals surface area contributed by atoms with E-state index in [0.29, 0.717) is 15.7 Å². The van der Waals surface area contributed by atoms with E-state index in [1.54, 1.807) is 30.5 Å². The minimum absolute atomic E-state index is 0.198. The van der Waals surface area contributed by atoms with E-state index in [1.165, 1.54) is 11.7 Å². The van der Waals surface area contributed by atoms with Gasteiger partial charge in [-0.3, -0.25) is 4.79 Å². The number of pyridine rings is 1. The fraction of sp³-hybridized carbons (Fsp3) is 0.143. The molecule has 0 bridgehead atoms. The number of anilines is 1. The molecule has 0 spiro atoms. The Hall–Kier alpha value is -1.60. The molecule has 0 saturated carbocycles. The molecule has 2 rings (SSSR count). The second-order valence-corrected chi connectivity index (χ2v) is 6.08. The molecule has 1 aromatic carbocycles. The number of aromatic nitrogens is 1. The lowest BCUT2D eigenvalue weighted by molar-refractivity contribution is 0.0600. The number of carbonyl (C=O) groups excluding carboxylic acids is 1. The quantitative estimate of drug-likeness (QED) is 0.617. The maximum atomic E-state index is 12.1. The molecule has 1 aromatic heterocycles. The van der Waals surface area contributed by atoms with Gasteiger partial charge in [0.15, 0.2) is 0 Å². The summed E-state index contributed by atoms with van der Waals surface area (Å²) in [7, 11) is 1.29. The molecule has 0 radical (unpaired) electrons. The van der Waals surface area contributed by atoms with Gasteiger partial charge in [0.1, 0.15) is 0 Å². The molecule has 0 aliphatic heterocycles. The summed E-state index contributed by atoms with van der Waals surface area (Å²) in [6.07, 6.45) is 1.65. The molecule has 0 fully saturated rings. The molecule has 7 heteroatoms. The molecule has 0 atom stereocenters. The Labute approximate surface area is 138 Å². The van der Waals surface area contributed by atoms with Crippen LogP contribution < -0.4 is 11.3 Å². The Kier molecular flexibility index (Phi) is 4.84. The van der Waals surface area contributed by atoms with E-state index >= 15 is 0 Å². The van der Waals surface area contributed by atoms with Crippen molar-refractivity contribution in [3.8, 4) is 0 Å². The van der Waals surface area contributed by atoms with Crippen molar-refractivity contribution >= 4 is 43.5 Å². The van der Waals surface area contributed by atoms with E-state index in [0.717, 1.165) is 4.47 Å². The summed E-state index contributed by atoms with van der Waals surface area (Å²) in [4.78, 5) is 24.0. The standard InChI is InChI=1S/C14H12Br2N2O3/c1-21-14(20)12-8(3-2-4-11(12)17)6-18-7-9(15)5-10(16)13(18)19/h2-5,7H,6,17H2,1H3. The zero-order chi connectivity index (χ0) is 15.6. The number of carbonyl (C=O) groups is 1. The second kappa shape index (κ2) is 6.44. The number of esters is 1. The monoisotopic (exact) mass is 414 g/mol. The highest BCUT2D eigenvalue weighted by atomic mass is 79.9.